The van der Waals surface area contributed by atoms with Gasteiger partial charge in [-0.25, -0.2) is 4.79 Å². The fourth-order valence-electron chi connectivity index (χ4n) is 1.18. The molecule has 0 aliphatic heterocycles. The van der Waals surface area contributed by atoms with Crippen molar-refractivity contribution in [3.8, 4) is 11.5 Å². The highest BCUT2D eigenvalue weighted by atomic mass is 16.5. The van der Waals surface area contributed by atoms with Crippen molar-refractivity contribution < 1.29 is 23.8 Å². The van der Waals surface area contributed by atoms with Gasteiger partial charge < -0.3 is 19.5 Å². The third-order valence-corrected chi connectivity index (χ3v) is 2.03. The third-order valence-electron chi connectivity index (χ3n) is 2.03. The maximum Gasteiger partial charge on any atom is 0.396 e. The van der Waals surface area contributed by atoms with Gasteiger partial charge in [-0.3, -0.25) is 4.79 Å². The number of nitrogens with one attached hydrogen (secondary N) is 1. The number of ether oxygens (including phenoxy) is 3. The molecule has 0 saturated heterocycles. The number of amides is 1. The Hall–Kier alpha value is -2.24. The summed E-state index contributed by atoms with van der Waals surface area (Å²) in [5, 5.41) is 2.37. The van der Waals surface area contributed by atoms with Crippen LogP contribution in [-0.2, 0) is 14.3 Å². The van der Waals surface area contributed by atoms with E-state index in [-0.39, 0.29) is 0 Å². The molecule has 0 aliphatic rings. The normalized spacial score (nSPS) is 9.35. The number of rotatable bonds is 3. The summed E-state index contributed by atoms with van der Waals surface area (Å²) >= 11 is 0. The van der Waals surface area contributed by atoms with E-state index in [0.29, 0.717) is 17.2 Å². The van der Waals surface area contributed by atoms with Gasteiger partial charge in [0, 0.05) is 6.07 Å². The Labute approximate surface area is 98.5 Å². The van der Waals surface area contributed by atoms with Crippen LogP contribution in [0.4, 0.5) is 5.69 Å². The molecule has 1 N–H and O–H groups in total. The minimum absolute atomic E-state index is 0.335. The maximum atomic E-state index is 11.3. The zero-order valence-electron chi connectivity index (χ0n) is 9.77. The van der Waals surface area contributed by atoms with Gasteiger partial charge in [0.05, 0.1) is 27.0 Å². The molecule has 6 heteroatoms. The Morgan fingerprint density at radius 3 is 2.35 bits per heavy atom. The van der Waals surface area contributed by atoms with E-state index in [2.05, 4.69) is 10.1 Å². The van der Waals surface area contributed by atoms with Gasteiger partial charge in [-0.1, -0.05) is 0 Å². The average molecular weight is 239 g/mol. The van der Waals surface area contributed by atoms with Crippen LogP contribution in [0.5, 0.6) is 11.5 Å². The molecule has 0 unspecified atom stereocenters. The van der Waals surface area contributed by atoms with Gasteiger partial charge >= 0.3 is 11.9 Å². The highest BCUT2D eigenvalue weighted by Crippen LogP contribution is 2.28. The molecule has 0 fully saturated rings. The number of esters is 1. The molecular weight excluding hydrogens is 226 g/mol. The van der Waals surface area contributed by atoms with E-state index in [9.17, 15) is 9.59 Å². The van der Waals surface area contributed by atoms with Gasteiger partial charge in [-0.15, -0.1) is 0 Å². The lowest BCUT2D eigenvalue weighted by Crippen LogP contribution is -2.24. The summed E-state index contributed by atoms with van der Waals surface area (Å²) in [6.07, 6.45) is 0. The second-order valence-electron chi connectivity index (χ2n) is 3.01. The fourth-order valence-corrected chi connectivity index (χ4v) is 1.18. The molecule has 92 valence electrons. The molecule has 1 rings (SSSR count). The second-order valence-corrected chi connectivity index (χ2v) is 3.01. The van der Waals surface area contributed by atoms with Gasteiger partial charge in [0.15, 0.2) is 0 Å². The lowest BCUT2D eigenvalue weighted by atomic mass is 10.2. The monoisotopic (exact) mass is 239 g/mol. The Balaban J connectivity index is 2.95. The first-order valence-electron chi connectivity index (χ1n) is 4.73. The van der Waals surface area contributed by atoms with Crippen LogP contribution in [0.2, 0.25) is 0 Å². The molecule has 0 heterocycles. The summed E-state index contributed by atoms with van der Waals surface area (Å²) in [4.78, 5) is 22.3. The molecule has 17 heavy (non-hydrogen) atoms. The first-order chi connectivity index (χ1) is 8.12. The van der Waals surface area contributed by atoms with Crippen LogP contribution < -0.4 is 14.8 Å². The molecule has 0 bridgehead atoms. The molecule has 6 nitrogen and oxygen atoms in total. The van der Waals surface area contributed by atoms with Crippen molar-refractivity contribution in [3.05, 3.63) is 18.2 Å². The summed E-state index contributed by atoms with van der Waals surface area (Å²) in [5.74, 6) is -0.900. The molecule has 1 aromatic rings. The Morgan fingerprint density at radius 1 is 1.12 bits per heavy atom. The number of hydrogen-bond donors (Lipinski definition) is 1. The summed E-state index contributed by atoms with van der Waals surface area (Å²) in [7, 11) is 4.08. The van der Waals surface area contributed by atoms with Gasteiger partial charge in [-0.2, -0.15) is 0 Å². The number of hydrogen-bond acceptors (Lipinski definition) is 5. The molecule has 0 atom stereocenters. The van der Waals surface area contributed by atoms with Crippen molar-refractivity contribution in [2.24, 2.45) is 0 Å². The Kier molecular flexibility index (Phi) is 4.33. The number of methoxy groups -OCH3 is 3. The van der Waals surface area contributed by atoms with E-state index >= 15 is 0 Å². The summed E-state index contributed by atoms with van der Waals surface area (Å²) in [6, 6.07) is 4.83. The van der Waals surface area contributed by atoms with Crippen molar-refractivity contribution in [1.29, 1.82) is 0 Å². The fraction of sp³-hybridized carbons (Fsp3) is 0.273. The lowest BCUT2D eigenvalue weighted by molar-refractivity contribution is -0.150. The number of carbonyl (C=O) groups is 2. The smallest absolute Gasteiger partial charge is 0.396 e. The van der Waals surface area contributed by atoms with Gasteiger partial charge in [-0.05, 0) is 12.1 Å². The predicted octanol–water partition coefficient (Wildman–Crippen LogP) is 0.815. The predicted molar refractivity (Wildman–Crippen MR) is 60.2 cm³/mol. The Morgan fingerprint density at radius 2 is 1.82 bits per heavy atom. The van der Waals surface area contributed by atoms with E-state index in [4.69, 9.17) is 9.47 Å². The molecule has 0 aliphatic carbocycles. The maximum absolute atomic E-state index is 11.3. The van der Waals surface area contributed by atoms with Crippen molar-refractivity contribution in [1.82, 2.24) is 0 Å². The van der Waals surface area contributed by atoms with Crippen LogP contribution in [0.3, 0.4) is 0 Å². The SMILES string of the molecule is COC(=O)C(=O)Nc1cc(OC)ccc1OC. The number of carbonyl (C=O) groups excluding carboxylic acids is 2. The summed E-state index contributed by atoms with van der Waals surface area (Å²) in [5.41, 5.74) is 0.335. The highest BCUT2D eigenvalue weighted by Gasteiger charge is 2.16. The molecule has 1 amide bonds. The van der Waals surface area contributed by atoms with Crippen LogP contribution in [0.25, 0.3) is 0 Å². The van der Waals surface area contributed by atoms with E-state index in [0.717, 1.165) is 7.11 Å². The van der Waals surface area contributed by atoms with Crippen LogP contribution in [0, 0.1) is 0 Å². The average Bonchev–Trinajstić information content (AvgIpc) is 2.37. The van der Waals surface area contributed by atoms with Crippen LogP contribution in [0.15, 0.2) is 18.2 Å². The molecule has 0 spiro atoms. The van der Waals surface area contributed by atoms with Crippen molar-refractivity contribution >= 4 is 17.6 Å². The first kappa shape index (κ1) is 12.8. The minimum Gasteiger partial charge on any atom is -0.497 e. The largest absolute Gasteiger partial charge is 0.497 e. The Bertz CT molecular complexity index is 430. The quantitative estimate of drug-likeness (QED) is 0.624. The molecule has 1 aromatic carbocycles. The van der Waals surface area contributed by atoms with Crippen LogP contribution >= 0.6 is 0 Å². The topological polar surface area (TPSA) is 73.9 Å². The van der Waals surface area contributed by atoms with Crippen LogP contribution in [0.1, 0.15) is 0 Å². The van der Waals surface area contributed by atoms with E-state index in [1.165, 1.54) is 14.2 Å². The van der Waals surface area contributed by atoms with E-state index in [1.807, 2.05) is 0 Å². The molecule has 0 saturated carbocycles. The summed E-state index contributed by atoms with van der Waals surface area (Å²) < 4.78 is 14.3. The second kappa shape index (κ2) is 5.74. The van der Waals surface area contributed by atoms with Crippen molar-refractivity contribution in [3.63, 3.8) is 0 Å². The minimum atomic E-state index is -0.977. The van der Waals surface area contributed by atoms with Gasteiger partial charge in [0.1, 0.15) is 11.5 Å². The lowest BCUT2D eigenvalue weighted by Gasteiger charge is -2.10. The van der Waals surface area contributed by atoms with Crippen LogP contribution in [-0.4, -0.2) is 33.2 Å². The van der Waals surface area contributed by atoms with E-state index < -0.39 is 11.9 Å². The molecular formula is C11H13NO5. The zero-order valence-corrected chi connectivity index (χ0v) is 9.77. The van der Waals surface area contributed by atoms with E-state index in [1.54, 1.807) is 18.2 Å². The van der Waals surface area contributed by atoms with Crippen molar-refractivity contribution in [2.75, 3.05) is 26.6 Å². The first-order valence-corrected chi connectivity index (χ1v) is 4.73. The van der Waals surface area contributed by atoms with Gasteiger partial charge in [0.25, 0.3) is 0 Å². The molecule has 0 aromatic heterocycles. The molecule has 0 radical (unpaired) electrons. The number of benzene rings is 1. The number of anilines is 1. The zero-order chi connectivity index (χ0) is 12.8. The van der Waals surface area contributed by atoms with Crippen molar-refractivity contribution in [2.45, 2.75) is 0 Å². The highest BCUT2D eigenvalue weighted by molar-refractivity contribution is 6.37. The van der Waals surface area contributed by atoms with Gasteiger partial charge in [0.2, 0.25) is 0 Å². The summed E-state index contributed by atoms with van der Waals surface area (Å²) in [6.45, 7) is 0. The third kappa shape index (κ3) is 3.10. The standard InChI is InChI=1S/C11H13NO5/c1-15-7-4-5-9(16-2)8(6-7)12-10(13)11(14)17-3/h4-6H,1-3H3,(H,12,13).